The van der Waals surface area contributed by atoms with E-state index < -0.39 is 5.97 Å². The van der Waals surface area contributed by atoms with Gasteiger partial charge >= 0.3 is 12.0 Å². The number of urea groups is 1. The van der Waals surface area contributed by atoms with Crippen molar-refractivity contribution in [3.8, 4) is 0 Å². The molecule has 1 aliphatic heterocycles. The molecule has 2 amide bonds. The summed E-state index contributed by atoms with van der Waals surface area (Å²) in [4.78, 5) is 24.5. The van der Waals surface area contributed by atoms with Crippen LogP contribution in [-0.2, 0) is 11.2 Å². The van der Waals surface area contributed by atoms with Crippen molar-refractivity contribution < 1.29 is 14.7 Å². The van der Waals surface area contributed by atoms with Crippen molar-refractivity contribution in [3.63, 3.8) is 0 Å². The van der Waals surface area contributed by atoms with Crippen molar-refractivity contribution in [2.45, 2.75) is 32.6 Å². The van der Waals surface area contributed by atoms with Gasteiger partial charge in [0.15, 0.2) is 0 Å². The molecule has 2 N–H and O–H groups in total. The van der Waals surface area contributed by atoms with E-state index >= 15 is 0 Å². The molecule has 0 spiro atoms. The minimum absolute atomic E-state index is 0.0999. The van der Waals surface area contributed by atoms with Gasteiger partial charge in [-0.25, -0.2) is 4.79 Å². The maximum Gasteiger partial charge on any atom is 0.321 e. The van der Waals surface area contributed by atoms with Crippen LogP contribution in [0.1, 0.15) is 31.7 Å². The van der Waals surface area contributed by atoms with Crippen LogP contribution in [0.5, 0.6) is 0 Å². The Morgan fingerprint density at radius 3 is 2.67 bits per heavy atom. The second-order valence-corrected chi connectivity index (χ2v) is 5.51. The summed E-state index contributed by atoms with van der Waals surface area (Å²) in [5.41, 5.74) is 2.04. The highest BCUT2D eigenvalue weighted by Crippen LogP contribution is 2.22. The second-order valence-electron chi connectivity index (χ2n) is 5.51. The number of anilines is 1. The van der Waals surface area contributed by atoms with E-state index in [0.29, 0.717) is 25.4 Å². The highest BCUT2D eigenvalue weighted by molar-refractivity contribution is 5.89. The van der Waals surface area contributed by atoms with E-state index in [1.54, 1.807) is 4.90 Å². The lowest BCUT2D eigenvalue weighted by Gasteiger charge is -2.17. The number of benzene rings is 1. The van der Waals surface area contributed by atoms with E-state index in [9.17, 15) is 9.59 Å². The number of aliphatic carboxylic acids is 1. The molecule has 0 radical (unpaired) electrons. The molecule has 114 valence electrons. The Morgan fingerprint density at radius 2 is 2.05 bits per heavy atom. The van der Waals surface area contributed by atoms with Crippen LogP contribution in [0.2, 0.25) is 0 Å². The summed E-state index contributed by atoms with van der Waals surface area (Å²) >= 11 is 0. The van der Waals surface area contributed by atoms with Gasteiger partial charge in [0.2, 0.25) is 0 Å². The minimum Gasteiger partial charge on any atom is -0.481 e. The number of hydrogen-bond donors (Lipinski definition) is 2. The number of nitrogens with one attached hydrogen (secondary N) is 1. The van der Waals surface area contributed by atoms with E-state index in [1.165, 1.54) is 5.56 Å². The Balaban J connectivity index is 1.82. The van der Waals surface area contributed by atoms with Crippen molar-refractivity contribution in [2.24, 2.45) is 5.92 Å². The smallest absolute Gasteiger partial charge is 0.321 e. The quantitative estimate of drug-likeness (QED) is 0.876. The van der Waals surface area contributed by atoms with Gasteiger partial charge in [-0.15, -0.1) is 0 Å². The zero-order chi connectivity index (χ0) is 15.2. The van der Waals surface area contributed by atoms with E-state index in [1.807, 2.05) is 24.3 Å². The van der Waals surface area contributed by atoms with Crippen LogP contribution in [0.3, 0.4) is 0 Å². The maximum atomic E-state index is 12.2. The number of carbonyl (C=O) groups is 2. The number of hydrogen-bond acceptors (Lipinski definition) is 2. The van der Waals surface area contributed by atoms with Gasteiger partial charge in [0.1, 0.15) is 0 Å². The molecule has 0 bridgehead atoms. The molecule has 21 heavy (non-hydrogen) atoms. The first-order valence-corrected chi connectivity index (χ1v) is 7.45. The third-order valence-electron chi connectivity index (χ3n) is 3.95. The zero-order valence-electron chi connectivity index (χ0n) is 12.3. The normalized spacial score (nSPS) is 17.8. The number of carboxylic acid groups (broad SMARTS) is 1. The maximum absolute atomic E-state index is 12.2. The van der Waals surface area contributed by atoms with Gasteiger partial charge in [-0.1, -0.05) is 19.1 Å². The first-order valence-electron chi connectivity index (χ1n) is 7.45. The highest BCUT2D eigenvalue weighted by atomic mass is 16.4. The lowest BCUT2D eigenvalue weighted by atomic mass is 10.0. The molecule has 0 aromatic heterocycles. The Morgan fingerprint density at radius 1 is 1.33 bits per heavy atom. The Kier molecular flexibility index (Phi) is 5.20. The molecule has 5 nitrogen and oxygen atoms in total. The Labute approximate surface area is 125 Å². The highest BCUT2D eigenvalue weighted by Gasteiger charge is 2.26. The summed E-state index contributed by atoms with van der Waals surface area (Å²) in [6.45, 7) is 3.43. The number of nitrogens with zero attached hydrogens (tertiary/aromatic N) is 1. The van der Waals surface area contributed by atoms with Gasteiger partial charge in [-0.05, 0) is 42.9 Å². The zero-order valence-corrected chi connectivity index (χ0v) is 12.3. The number of aryl methyl sites for hydroxylation is 1. The molecule has 1 aromatic rings. The van der Waals surface area contributed by atoms with Gasteiger partial charge < -0.3 is 15.3 Å². The van der Waals surface area contributed by atoms with Gasteiger partial charge in [-0.2, -0.15) is 0 Å². The summed E-state index contributed by atoms with van der Waals surface area (Å²) in [6, 6.07) is 7.74. The SMILES string of the molecule is CCc1ccc(NC(=O)N2CCC(CCC(=O)O)C2)cc1. The second kappa shape index (κ2) is 7.11. The van der Waals surface area contributed by atoms with Gasteiger partial charge in [0.05, 0.1) is 0 Å². The average molecular weight is 290 g/mol. The third kappa shape index (κ3) is 4.48. The molecule has 1 aliphatic rings. The fourth-order valence-electron chi connectivity index (χ4n) is 2.61. The fraction of sp³-hybridized carbons (Fsp3) is 0.500. The van der Waals surface area contributed by atoms with Crippen LogP contribution < -0.4 is 5.32 Å². The summed E-state index contributed by atoms with van der Waals surface area (Å²) in [7, 11) is 0. The molecule has 1 atom stereocenters. The standard InChI is InChI=1S/C16H22N2O3/c1-2-12-3-6-14(7-4-12)17-16(21)18-10-9-13(11-18)5-8-15(19)20/h3-4,6-7,13H,2,5,8-11H2,1H3,(H,17,21)(H,19,20). The molecular formula is C16H22N2O3. The number of carboxylic acids is 1. The largest absolute Gasteiger partial charge is 0.481 e. The predicted octanol–water partition coefficient (Wildman–Crippen LogP) is 2.97. The van der Waals surface area contributed by atoms with Crippen LogP contribution in [0, 0.1) is 5.92 Å². The lowest BCUT2D eigenvalue weighted by molar-refractivity contribution is -0.137. The summed E-state index contributed by atoms with van der Waals surface area (Å²) in [6.07, 6.45) is 2.68. The van der Waals surface area contributed by atoms with Crippen molar-refractivity contribution in [1.82, 2.24) is 4.90 Å². The van der Waals surface area contributed by atoms with Crippen LogP contribution in [0.4, 0.5) is 10.5 Å². The Hall–Kier alpha value is -2.04. The first-order chi connectivity index (χ1) is 10.1. The third-order valence-corrected chi connectivity index (χ3v) is 3.95. The molecule has 0 aliphatic carbocycles. The first kappa shape index (κ1) is 15.4. The van der Waals surface area contributed by atoms with E-state index in [-0.39, 0.29) is 12.5 Å². The van der Waals surface area contributed by atoms with Crippen molar-refractivity contribution in [3.05, 3.63) is 29.8 Å². The monoisotopic (exact) mass is 290 g/mol. The molecule has 2 rings (SSSR count). The molecular weight excluding hydrogens is 268 g/mol. The van der Waals surface area contributed by atoms with Crippen LogP contribution in [0.25, 0.3) is 0 Å². The minimum atomic E-state index is -0.770. The number of carbonyl (C=O) groups excluding carboxylic acids is 1. The van der Waals surface area contributed by atoms with Crippen LogP contribution in [-0.4, -0.2) is 35.1 Å². The van der Waals surface area contributed by atoms with Crippen LogP contribution in [0.15, 0.2) is 24.3 Å². The van der Waals surface area contributed by atoms with Crippen LogP contribution >= 0.6 is 0 Å². The number of amides is 2. The number of likely N-dealkylation sites (tertiary alicyclic amines) is 1. The predicted molar refractivity (Wildman–Crippen MR) is 81.4 cm³/mol. The molecule has 0 saturated carbocycles. The summed E-state index contributed by atoms with van der Waals surface area (Å²) in [5.74, 6) is -0.469. The molecule has 1 aromatic carbocycles. The van der Waals surface area contributed by atoms with E-state index in [2.05, 4.69) is 12.2 Å². The van der Waals surface area contributed by atoms with Gasteiger partial charge in [0, 0.05) is 25.2 Å². The molecule has 1 heterocycles. The number of rotatable bonds is 5. The topological polar surface area (TPSA) is 69.6 Å². The van der Waals surface area contributed by atoms with E-state index in [4.69, 9.17) is 5.11 Å². The Bertz CT molecular complexity index is 499. The van der Waals surface area contributed by atoms with E-state index in [0.717, 1.165) is 18.5 Å². The fourth-order valence-corrected chi connectivity index (χ4v) is 2.61. The lowest BCUT2D eigenvalue weighted by Crippen LogP contribution is -2.33. The molecule has 5 heteroatoms. The molecule has 1 unspecified atom stereocenters. The summed E-state index contributed by atoms with van der Waals surface area (Å²) < 4.78 is 0. The van der Waals surface area contributed by atoms with Gasteiger partial charge in [-0.3, -0.25) is 4.79 Å². The molecule has 1 saturated heterocycles. The van der Waals surface area contributed by atoms with Crippen molar-refractivity contribution in [1.29, 1.82) is 0 Å². The average Bonchev–Trinajstić information content (AvgIpc) is 2.95. The van der Waals surface area contributed by atoms with Gasteiger partial charge in [0.25, 0.3) is 0 Å². The van der Waals surface area contributed by atoms with Crippen molar-refractivity contribution in [2.75, 3.05) is 18.4 Å². The molecule has 1 fully saturated rings. The van der Waals surface area contributed by atoms with Crippen molar-refractivity contribution >= 4 is 17.7 Å². The summed E-state index contributed by atoms with van der Waals surface area (Å²) in [5, 5.41) is 11.6.